The summed E-state index contributed by atoms with van der Waals surface area (Å²) in [5.74, 6) is -0.446. The maximum Gasteiger partial charge on any atom is 0.337 e. The summed E-state index contributed by atoms with van der Waals surface area (Å²) in [5.41, 5.74) is 1.29. The molecular formula is C10H7BrN2O3. The van der Waals surface area contributed by atoms with Gasteiger partial charge in [-0.15, -0.1) is 0 Å². The second-order valence-electron chi connectivity index (χ2n) is 3.10. The van der Waals surface area contributed by atoms with Crippen LogP contribution in [0.25, 0.3) is 10.9 Å². The molecule has 0 amide bonds. The van der Waals surface area contributed by atoms with Crippen LogP contribution in [0, 0.1) is 0 Å². The molecule has 2 aromatic rings. The number of rotatable bonds is 2. The van der Waals surface area contributed by atoms with Crippen LogP contribution in [0.5, 0.6) is 0 Å². The average Bonchev–Trinajstić information content (AvgIpc) is 2.71. The van der Waals surface area contributed by atoms with Gasteiger partial charge in [-0.25, -0.2) is 4.79 Å². The van der Waals surface area contributed by atoms with Crippen molar-refractivity contribution in [2.45, 2.75) is 0 Å². The number of nitrogens with one attached hydrogen (secondary N) is 1. The predicted molar refractivity (Wildman–Crippen MR) is 60.5 cm³/mol. The number of aromatic amines is 1. The number of esters is 1. The highest BCUT2D eigenvalue weighted by Crippen LogP contribution is 2.26. The molecule has 0 fully saturated rings. The summed E-state index contributed by atoms with van der Waals surface area (Å²) < 4.78 is 5.23. The van der Waals surface area contributed by atoms with Crippen molar-refractivity contribution in [3.63, 3.8) is 0 Å². The van der Waals surface area contributed by atoms with Crippen LogP contribution in [0.4, 0.5) is 0 Å². The molecule has 5 nitrogen and oxygen atoms in total. The molecular weight excluding hydrogens is 276 g/mol. The Morgan fingerprint density at radius 1 is 1.56 bits per heavy atom. The highest BCUT2D eigenvalue weighted by atomic mass is 79.9. The van der Waals surface area contributed by atoms with Gasteiger partial charge in [-0.1, -0.05) is 0 Å². The van der Waals surface area contributed by atoms with Crippen molar-refractivity contribution < 1.29 is 14.3 Å². The molecule has 16 heavy (non-hydrogen) atoms. The lowest BCUT2D eigenvalue weighted by atomic mass is 10.1. The van der Waals surface area contributed by atoms with Crippen molar-refractivity contribution in [1.82, 2.24) is 10.2 Å². The number of nitrogens with zero attached hydrogens (tertiary/aromatic N) is 1. The van der Waals surface area contributed by atoms with E-state index in [1.165, 1.54) is 7.11 Å². The Morgan fingerprint density at radius 3 is 2.94 bits per heavy atom. The Morgan fingerprint density at radius 2 is 2.31 bits per heavy atom. The lowest BCUT2D eigenvalue weighted by molar-refractivity contribution is 0.0600. The number of aldehydes is 1. The summed E-state index contributed by atoms with van der Waals surface area (Å²) in [4.78, 5) is 22.1. The molecule has 0 saturated carbocycles. The number of H-pyrrole nitrogens is 1. The maximum absolute atomic E-state index is 11.3. The van der Waals surface area contributed by atoms with Crippen LogP contribution in [0.15, 0.2) is 16.6 Å². The fourth-order valence-electron chi connectivity index (χ4n) is 1.44. The first-order valence-electron chi connectivity index (χ1n) is 4.38. The summed E-state index contributed by atoms with van der Waals surface area (Å²) >= 11 is 3.29. The Labute approximate surface area is 98.9 Å². The third kappa shape index (κ3) is 1.61. The molecule has 0 bridgehead atoms. The number of methoxy groups -OCH3 is 1. The van der Waals surface area contributed by atoms with Crippen LogP contribution in [0.1, 0.15) is 20.8 Å². The Hall–Kier alpha value is -1.69. The number of carbonyl (C=O) groups is 2. The zero-order valence-corrected chi connectivity index (χ0v) is 9.87. The SMILES string of the molecule is COC(=O)c1cc(Br)c2c(C=O)[nH]nc2c1. The first-order chi connectivity index (χ1) is 7.67. The van der Waals surface area contributed by atoms with E-state index < -0.39 is 5.97 Å². The van der Waals surface area contributed by atoms with Gasteiger partial charge in [-0.3, -0.25) is 9.89 Å². The quantitative estimate of drug-likeness (QED) is 0.675. The molecule has 0 spiro atoms. The number of fused-ring (bicyclic) bond motifs is 1. The van der Waals surface area contributed by atoms with Crippen molar-refractivity contribution >= 4 is 39.1 Å². The van der Waals surface area contributed by atoms with Crippen molar-refractivity contribution in [3.8, 4) is 0 Å². The number of hydrogen-bond acceptors (Lipinski definition) is 4. The molecule has 0 aliphatic carbocycles. The van der Waals surface area contributed by atoms with Crippen LogP contribution in [-0.4, -0.2) is 29.6 Å². The van der Waals surface area contributed by atoms with Crippen molar-refractivity contribution in [3.05, 3.63) is 27.9 Å². The Balaban J connectivity index is 2.69. The maximum atomic E-state index is 11.3. The van der Waals surface area contributed by atoms with Crippen molar-refractivity contribution in [1.29, 1.82) is 0 Å². The highest BCUT2D eigenvalue weighted by molar-refractivity contribution is 9.10. The van der Waals surface area contributed by atoms with Gasteiger partial charge in [0, 0.05) is 9.86 Å². The van der Waals surface area contributed by atoms with Gasteiger partial charge in [-0.05, 0) is 28.1 Å². The van der Waals surface area contributed by atoms with E-state index >= 15 is 0 Å². The monoisotopic (exact) mass is 282 g/mol. The van der Waals surface area contributed by atoms with E-state index in [1.807, 2.05) is 0 Å². The third-order valence-electron chi connectivity index (χ3n) is 2.17. The van der Waals surface area contributed by atoms with Crippen LogP contribution in [0.2, 0.25) is 0 Å². The number of benzene rings is 1. The summed E-state index contributed by atoms with van der Waals surface area (Å²) in [7, 11) is 1.31. The lowest BCUT2D eigenvalue weighted by Gasteiger charge is -2.00. The van der Waals surface area contributed by atoms with E-state index in [1.54, 1.807) is 12.1 Å². The van der Waals surface area contributed by atoms with Gasteiger partial charge < -0.3 is 4.74 Å². The number of halogens is 1. The Bertz CT molecular complexity index is 577. The summed E-state index contributed by atoms with van der Waals surface area (Å²) in [5, 5.41) is 7.18. The minimum absolute atomic E-state index is 0.373. The summed E-state index contributed by atoms with van der Waals surface area (Å²) in [6.45, 7) is 0. The van der Waals surface area contributed by atoms with Crippen LogP contribution in [-0.2, 0) is 4.74 Å². The van der Waals surface area contributed by atoms with Gasteiger partial charge in [0.1, 0.15) is 5.69 Å². The largest absolute Gasteiger partial charge is 0.465 e. The zero-order chi connectivity index (χ0) is 11.7. The fraction of sp³-hybridized carbons (Fsp3) is 0.100. The second-order valence-corrected chi connectivity index (χ2v) is 3.95. The molecule has 82 valence electrons. The third-order valence-corrected chi connectivity index (χ3v) is 2.80. The molecule has 6 heteroatoms. The number of ether oxygens (including phenoxy) is 1. The van der Waals surface area contributed by atoms with Crippen molar-refractivity contribution in [2.75, 3.05) is 7.11 Å². The molecule has 0 atom stereocenters. The predicted octanol–water partition coefficient (Wildman–Crippen LogP) is 1.92. The van der Waals surface area contributed by atoms with E-state index in [4.69, 9.17) is 0 Å². The van der Waals surface area contributed by atoms with Gasteiger partial charge in [0.05, 0.1) is 18.2 Å². The first kappa shape index (κ1) is 10.8. The topological polar surface area (TPSA) is 72.1 Å². The normalized spacial score (nSPS) is 10.4. The zero-order valence-electron chi connectivity index (χ0n) is 8.28. The van der Waals surface area contributed by atoms with Gasteiger partial charge >= 0.3 is 5.97 Å². The standard InChI is InChI=1S/C10H7BrN2O3/c1-16-10(15)5-2-6(11)9-7(3-5)12-13-8(9)4-14/h2-4H,1H3,(H,12,13). The van der Waals surface area contributed by atoms with Gasteiger partial charge in [-0.2, -0.15) is 5.10 Å². The van der Waals surface area contributed by atoms with Gasteiger partial charge in [0.15, 0.2) is 6.29 Å². The molecule has 0 unspecified atom stereocenters. The fourth-order valence-corrected chi connectivity index (χ4v) is 2.11. The molecule has 0 aliphatic rings. The lowest BCUT2D eigenvalue weighted by Crippen LogP contribution is -2.00. The smallest absolute Gasteiger partial charge is 0.337 e. The van der Waals surface area contributed by atoms with E-state index in [0.717, 1.165) is 0 Å². The van der Waals surface area contributed by atoms with Crippen LogP contribution < -0.4 is 0 Å². The molecule has 2 rings (SSSR count). The number of aromatic nitrogens is 2. The summed E-state index contributed by atoms with van der Waals surface area (Å²) in [6, 6.07) is 3.16. The van der Waals surface area contributed by atoms with E-state index in [0.29, 0.717) is 32.9 Å². The number of hydrogen-bond donors (Lipinski definition) is 1. The minimum atomic E-state index is -0.446. The molecule has 1 aromatic heterocycles. The molecule has 1 heterocycles. The van der Waals surface area contributed by atoms with E-state index in [9.17, 15) is 9.59 Å². The highest BCUT2D eigenvalue weighted by Gasteiger charge is 2.13. The number of carbonyl (C=O) groups excluding carboxylic acids is 2. The Kier molecular flexibility index (Phi) is 2.74. The van der Waals surface area contributed by atoms with Crippen LogP contribution in [0.3, 0.4) is 0 Å². The molecule has 1 N–H and O–H groups in total. The molecule has 1 aromatic carbocycles. The van der Waals surface area contributed by atoms with Gasteiger partial charge in [0.25, 0.3) is 0 Å². The van der Waals surface area contributed by atoms with Gasteiger partial charge in [0.2, 0.25) is 0 Å². The average molecular weight is 283 g/mol. The van der Waals surface area contributed by atoms with E-state index in [2.05, 4.69) is 30.9 Å². The molecule has 0 aliphatic heterocycles. The molecule has 0 radical (unpaired) electrons. The second kappa shape index (κ2) is 4.05. The van der Waals surface area contributed by atoms with E-state index in [-0.39, 0.29) is 0 Å². The van der Waals surface area contributed by atoms with Crippen LogP contribution >= 0.6 is 15.9 Å². The summed E-state index contributed by atoms with van der Waals surface area (Å²) in [6.07, 6.45) is 0.678. The first-order valence-corrected chi connectivity index (χ1v) is 5.17. The minimum Gasteiger partial charge on any atom is -0.465 e. The van der Waals surface area contributed by atoms with Crippen molar-refractivity contribution in [2.24, 2.45) is 0 Å². The molecule has 0 saturated heterocycles.